The lowest BCUT2D eigenvalue weighted by molar-refractivity contribution is -0.128. The van der Waals surface area contributed by atoms with Crippen molar-refractivity contribution in [3.63, 3.8) is 0 Å². The Morgan fingerprint density at radius 2 is 2.05 bits per heavy atom. The number of hydrogen-bond donors (Lipinski definition) is 1. The summed E-state index contributed by atoms with van der Waals surface area (Å²) in [6, 6.07) is 7.22. The minimum Gasteiger partial charge on any atom is -0.353 e. The number of amides is 1. The van der Waals surface area contributed by atoms with Gasteiger partial charge >= 0.3 is 0 Å². The van der Waals surface area contributed by atoms with Crippen molar-refractivity contribution < 1.29 is 9.59 Å². The van der Waals surface area contributed by atoms with Crippen LogP contribution in [-0.2, 0) is 11.2 Å². The van der Waals surface area contributed by atoms with Crippen molar-refractivity contribution in [1.82, 2.24) is 10.2 Å². The van der Waals surface area contributed by atoms with Crippen LogP contribution in [-0.4, -0.2) is 41.8 Å². The van der Waals surface area contributed by atoms with Crippen molar-refractivity contribution in [2.45, 2.75) is 39.3 Å². The fraction of sp³-hybridized carbons (Fsp3) is 0.500. The van der Waals surface area contributed by atoms with Crippen LogP contribution in [0.1, 0.15) is 36.7 Å². The molecule has 2 unspecified atom stereocenters. The SMILES string of the molecule is CCc1ccc(C(=O)C(C)N2CCNC(=O)C2C)cc1. The Balaban J connectivity index is 2.12. The summed E-state index contributed by atoms with van der Waals surface area (Å²) in [5, 5.41) is 2.82. The number of ketones is 1. The fourth-order valence-corrected chi connectivity index (χ4v) is 2.63. The first-order valence-corrected chi connectivity index (χ1v) is 7.21. The molecule has 2 rings (SSSR count). The van der Waals surface area contributed by atoms with Crippen LogP contribution in [0, 0.1) is 0 Å². The number of carbonyl (C=O) groups is 2. The van der Waals surface area contributed by atoms with Crippen molar-refractivity contribution in [3.05, 3.63) is 35.4 Å². The van der Waals surface area contributed by atoms with E-state index in [4.69, 9.17) is 0 Å². The lowest BCUT2D eigenvalue weighted by Crippen LogP contribution is -2.58. The number of piperazine rings is 1. The van der Waals surface area contributed by atoms with E-state index in [0.29, 0.717) is 18.7 Å². The molecule has 1 aromatic carbocycles. The second-order valence-corrected chi connectivity index (χ2v) is 5.30. The van der Waals surface area contributed by atoms with Crippen molar-refractivity contribution >= 4 is 11.7 Å². The van der Waals surface area contributed by atoms with E-state index in [1.807, 2.05) is 43.0 Å². The molecule has 20 heavy (non-hydrogen) atoms. The molecule has 0 spiro atoms. The predicted octanol–water partition coefficient (Wildman–Crippen LogP) is 1.64. The highest BCUT2D eigenvalue weighted by Crippen LogP contribution is 2.15. The van der Waals surface area contributed by atoms with Crippen LogP contribution in [0.3, 0.4) is 0 Å². The third-order valence-corrected chi connectivity index (χ3v) is 4.07. The molecule has 108 valence electrons. The minimum atomic E-state index is -0.275. The summed E-state index contributed by atoms with van der Waals surface area (Å²) in [6.07, 6.45) is 0.966. The van der Waals surface area contributed by atoms with Gasteiger partial charge in [0.05, 0.1) is 12.1 Å². The molecule has 1 saturated heterocycles. The Kier molecular flexibility index (Phi) is 4.55. The van der Waals surface area contributed by atoms with E-state index >= 15 is 0 Å². The number of nitrogens with one attached hydrogen (secondary N) is 1. The van der Waals surface area contributed by atoms with Gasteiger partial charge in [-0.3, -0.25) is 14.5 Å². The molecule has 0 aliphatic carbocycles. The second kappa shape index (κ2) is 6.18. The number of Topliss-reactive ketones (excluding diaryl/α,β-unsaturated/α-hetero) is 1. The first kappa shape index (κ1) is 14.7. The molecule has 1 heterocycles. The van der Waals surface area contributed by atoms with Gasteiger partial charge in [0, 0.05) is 18.7 Å². The van der Waals surface area contributed by atoms with E-state index in [1.165, 1.54) is 5.56 Å². The van der Waals surface area contributed by atoms with E-state index in [0.717, 1.165) is 6.42 Å². The maximum absolute atomic E-state index is 12.5. The maximum atomic E-state index is 12.5. The third kappa shape index (κ3) is 2.90. The summed E-state index contributed by atoms with van der Waals surface area (Å²) in [4.78, 5) is 26.2. The molecule has 0 aromatic heterocycles. The van der Waals surface area contributed by atoms with Crippen LogP contribution >= 0.6 is 0 Å². The van der Waals surface area contributed by atoms with E-state index in [-0.39, 0.29) is 23.8 Å². The van der Waals surface area contributed by atoms with Crippen LogP contribution in [0.2, 0.25) is 0 Å². The molecule has 1 aliphatic rings. The van der Waals surface area contributed by atoms with Crippen molar-refractivity contribution in [2.75, 3.05) is 13.1 Å². The molecule has 1 amide bonds. The average molecular weight is 274 g/mol. The summed E-state index contributed by atoms with van der Waals surface area (Å²) in [6.45, 7) is 7.14. The topological polar surface area (TPSA) is 49.4 Å². The third-order valence-electron chi connectivity index (χ3n) is 4.07. The number of carbonyl (C=O) groups excluding carboxylic acids is 2. The van der Waals surface area contributed by atoms with Gasteiger partial charge < -0.3 is 5.32 Å². The van der Waals surface area contributed by atoms with E-state index in [1.54, 1.807) is 0 Å². The zero-order valence-corrected chi connectivity index (χ0v) is 12.3. The Labute approximate surface area is 120 Å². The number of hydrogen-bond acceptors (Lipinski definition) is 3. The Morgan fingerprint density at radius 1 is 1.40 bits per heavy atom. The average Bonchev–Trinajstić information content (AvgIpc) is 2.48. The lowest BCUT2D eigenvalue weighted by atomic mass is 10.00. The zero-order valence-electron chi connectivity index (χ0n) is 12.3. The van der Waals surface area contributed by atoms with Crippen LogP contribution in [0.5, 0.6) is 0 Å². The van der Waals surface area contributed by atoms with E-state index < -0.39 is 0 Å². The summed E-state index contributed by atoms with van der Waals surface area (Å²) in [5.74, 6) is 0.0754. The smallest absolute Gasteiger partial charge is 0.237 e. The number of aryl methyl sites for hydroxylation is 1. The highest BCUT2D eigenvalue weighted by Gasteiger charge is 2.32. The first-order chi connectivity index (χ1) is 9.54. The standard InChI is InChI=1S/C16H22N2O2/c1-4-13-5-7-14(8-6-13)15(19)11(2)18-10-9-17-16(20)12(18)3/h5-8,11-12H,4,9-10H2,1-3H3,(H,17,20). The largest absolute Gasteiger partial charge is 0.353 e. The highest BCUT2D eigenvalue weighted by atomic mass is 16.2. The lowest BCUT2D eigenvalue weighted by Gasteiger charge is -2.36. The summed E-state index contributed by atoms with van der Waals surface area (Å²) in [5.41, 5.74) is 1.94. The fourth-order valence-electron chi connectivity index (χ4n) is 2.63. The van der Waals surface area contributed by atoms with Gasteiger partial charge in [0.15, 0.2) is 5.78 Å². The second-order valence-electron chi connectivity index (χ2n) is 5.30. The zero-order chi connectivity index (χ0) is 14.7. The van der Waals surface area contributed by atoms with Crippen LogP contribution in [0.25, 0.3) is 0 Å². The molecule has 0 bridgehead atoms. The summed E-state index contributed by atoms with van der Waals surface area (Å²) < 4.78 is 0. The highest BCUT2D eigenvalue weighted by molar-refractivity contribution is 6.00. The predicted molar refractivity (Wildman–Crippen MR) is 78.8 cm³/mol. The molecule has 1 aliphatic heterocycles. The number of nitrogens with zero attached hydrogens (tertiary/aromatic N) is 1. The molecule has 4 nitrogen and oxygen atoms in total. The Morgan fingerprint density at radius 3 is 2.65 bits per heavy atom. The minimum absolute atomic E-state index is 0.00256. The van der Waals surface area contributed by atoms with Crippen LogP contribution < -0.4 is 5.32 Å². The number of benzene rings is 1. The first-order valence-electron chi connectivity index (χ1n) is 7.21. The molecular formula is C16H22N2O2. The molecule has 4 heteroatoms. The quantitative estimate of drug-likeness (QED) is 0.849. The van der Waals surface area contributed by atoms with Gasteiger partial charge in [0.1, 0.15) is 0 Å². The molecular weight excluding hydrogens is 252 g/mol. The van der Waals surface area contributed by atoms with Gasteiger partial charge in [0.2, 0.25) is 5.91 Å². The van der Waals surface area contributed by atoms with Gasteiger partial charge in [0.25, 0.3) is 0 Å². The van der Waals surface area contributed by atoms with Gasteiger partial charge in [-0.25, -0.2) is 0 Å². The maximum Gasteiger partial charge on any atom is 0.237 e. The van der Waals surface area contributed by atoms with E-state index in [9.17, 15) is 9.59 Å². The molecule has 1 fully saturated rings. The Bertz CT molecular complexity index is 496. The van der Waals surface area contributed by atoms with Gasteiger partial charge in [-0.1, -0.05) is 31.2 Å². The van der Waals surface area contributed by atoms with Crippen molar-refractivity contribution in [1.29, 1.82) is 0 Å². The Hall–Kier alpha value is -1.68. The molecule has 0 radical (unpaired) electrons. The van der Waals surface area contributed by atoms with Gasteiger partial charge in [-0.05, 0) is 25.8 Å². The molecule has 0 saturated carbocycles. The van der Waals surface area contributed by atoms with Gasteiger partial charge in [-0.2, -0.15) is 0 Å². The van der Waals surface area contributed by atoms with Gasteiger partial charge in [-0.15, -0.1) is 0 Å². The van der Waals surface area contributed by atoms with Crippen LogP contribution in [0.4, 0.5) is 0 Å². The molecule has 2 atom stereocenters. The number of rotatable bonds is 4. The molecule has 1 aromatic rings. The summed E-state index contributed by atoms with van der Waals surface area (Å²) in [7, 11) is 0. The van der Waals surface area contributed by atoms with E-state index in [2.05, 4.69) is 12.2 Å². The normalized spacial score (nSPS) is 21.4. The monoisotopic (exact) mass is 274 g/mol. The molecule has 1 N–H and O–H groups in total. The summed E-state index contributed by atoms with van der Waals surface area (Å²) >= 11 is 0. The van der Waals surface area contributed by atoms with Crippen molar-refractivity contribution in [3.8, 4) is 0 Å². The van der Waals surface area contributed by atoms with Crippen molar-refractivity contribution in [2.24, 2.45) is 0 Å². The van der Waals surface area contributed by atoms with Crippen LogP contribution in [0.15, 0.2) is 24.3 Å².